The molecule has 2 heterocycles. The number of fused-ring (bicyclic) bond motifs is 1. The number of thiophene rings is 1. The number of nitrogens with zero attached hydrogens (tertiary/aromatic N) is 2. The van der Waals surface area contributed by atoms with Crippen LogP contribution in [0.25, 0.3) is 10.2 Å². The lowest BCUT2D eigenvalue weighted by Crippen LogP contribution is -2.30. The predicted octanol–water partition coefficient (Wildman–Crippen LogP) is 2.91. The highest BCUT2D eigenvalue weighted by Gasteiger charge is 2.23. The molecule has 0 unspecified atom stereocenters. The Hall–Kier alpha value is -2.76. The van der Waals surface area contributed by atoms with Gasteiger partial charge in [-0.25, -0.2) is 13.4 Å². The summed E-state index contributed by atoms with van der Waals surface area (Å²) in [5.41, 5.74) is 0.668. The number of hydrogen-bond donors (Lipinski definition) is 3. The lowest BCUT2D eigenvalue weighted by Gasteiger charge is -2.19. The van der Waals surface area contributed by atoms with Crippen LogP contribution < -0.4 is 10.9 Å². The van der Waals surface area contributed by atoms with Crippen LogP contribution in [-0.4, -0.2) is 46.8 Å². The Morgan fingerprint density at radius 3 is 2.59 bits per heavy atom. The molecular formula is C21H26N4O5S2. The molecule has 172 valence electrons. The monoisotopic (exact) mass is 478 g/mol. The van der Waals surface area contributed by atoms with Gasteiger partial charge in [0.05, 0.1) is 16.0 Å². The average molecular weight is 479 g/mol. The van der Waals surface area contributed by atoms with Crippen LogP contribution in [0.2, 0.25) is 0 Å². The van der Waals surface area contributed by atoms with E-state index in [1.54, 1.807) is 13.8 Å². The van der Waals surface area contributed by atoms with E-state index in [1.807, 2.05) is 13.8 Å². The maximum atomic E-state index is 12.7. The number of hydrogen-bond acceptors (Lipinski definition) is 7. The lowest BCUT2D eigenvalue weighted by molar-refractivity contribution is -0.116. The van der Waals surface area contributed by atoms with Gasteiger partial charge in [-0.1, -0.05) is 13.8 Å². The SMILES string of the molecule is CCN(CC)S(=O)(=O)c1ccc(O)c(NC(=O)CCc2nc3sc(C)c(C)c3c(=O)[nH]2)c1. The Labute approximate surface area is 190 Å². The predicted molar refractivity (Wildman–Crippen MR) is 125 cm³/mol. The summed E-state index contributed by atoms with van der Waals surface area (Å²) in [7, 11) is -3.74. The number of H-pyrrole nitrogens is 1. The van der Waals surface area contributed by atoms with Crippen molar-refractivity contribution in [1.29, 1.82) is 0 Å². The van der Waals surface area contributed by atoms with E-state index in [0.717, 1.165) is 10.4 Å². The van der Waals surface area contributed by atoms with Crippen LogP contribution in [0.4, 0.5) is 5.69 Å². The molecule has 1 amide bonds. The Morgan fingerprint density at radius 1 is 1.25 bits per heavy atom. The van der Waals surface area contributed by atoms with Gasteiger partial charge in [0.1, 0.15) is 16.4 Å². The van der Waals surface area contributed by atoms with Crippen LogP contribution >= 0.6 is 11.3 Å². The number of sulfonamides is 1. The third-order valence-corrected chi connectivity index (χ3v) is 8.41. The maximum Gasteiger partial charge on any atom is 0.259 e. The molecule has 2 aromatic heterocycles. The summed E-state index contributed by atoms with van der Waals surface area (Å²) < 4.78 is 26.7. The minimum atomic E-state index is -3.74. The molecule has 0 saturated carbocycles. The number of carbonyl (C=O) groups excluding carboxylic acids is 1. The van der Waals surface area contributed by atoms with E-state index in [2.05, 4.69) is 15.3 Å². The number of phenolic OH excluding ortho intramolecular Hbond substituents is 1. The fourth-order valence-electron chi connectivity index (χ4n) is 3.35. The highest BCUT2D eigenvalue weighted by atomic mass is 32.2. The van der Waals surface area contributed by atoms with E-state index in [4.69, 9.17) is 0 Å². The van der Waals surface area contributed by atoms with E-state index in [9.17, 15) is 23.1 Å². The quantitative estimate of drug-likeness (QED) is 0.427. The minimum Gasteiger partial charge on any atom is -0.506 e. The molecule has 0 aliphatic rings. The third-order valence-electron chi connectivity index (χ3n) is 5.26. The van der Waals surface area contributed by atoms with Crippen molar-refractivity contribution in [2.45, 2.75) is 45.4 Å². The first kappa shape index (κ1) is 23.9. The van der Waals surface area contributed by atoms with E-state index in [0.29, 0.717) is 29.1 Å². The van der Waals surface area contributed by atoms with Crippen molar-refractivity contribution >= 4 is 43.2 Å². The van der Waals surface area contributed by atoms with Crippen LogP contribution in [0.5, 0.6) is 5.75 Å². The van der Waals surface area contributed by atoms with Gasteiger partial charge < -0.3 is 15.4 Å². The van der Waals surface area contributed by atoms with E-state index in [-0.39, 0.29) is 34.7 Å². The van der Waals surface area contributed by atoms with Crippen molar-refractivity contribution in [3.8, 4) is 5.75 Å². The van der Waals surface area contributed by atoms with Crippen molar-refractivity contribution in [3.05, 3.63) is 44.8 Å². The zero-order valence-electron chi connectivity index (χ0n) is 18.4. The van der Waals surface area contributed by atoms with Crippen molar-refractivity contribution in [2.75, 3.05) is 18.4 Å². The number of anilines is 1. The number of aromatic nitrogens is 2. The van der Waals surface area contributed by atoms with Crippen molar-refractivity contribution < 1.29 is 18.3 Å². The summed E-state index contributed by atoms with van der Waals surface area (Å²) in [5.74, 6) is -0.297. The highest BCUT2D eigenvalue weighted by molar-refractivity contribution is 7.89. The number of phenols is 1. The Bertz CT molecular complexity index is 1320. The molecule has 0 spiro atoms. The molecular weight excluding hydrogens is 452 g/mol. The van der Waals surface area contributed by atoms with E-state index < -0.39 is 15.9 Å². The van der Waals surface area contributed by atoms with Crippen molar-refractivity contribution in [3.63, 3.8) is 0 Å². The molecule has 3 aromatic rings. The molecule has 0 atom stereocenters. The number of nitrogens with one attached hydrogen (secondary N) is 2. The number of rotatable bonds is 8. The summed E-state index contributed by atoms with van der Waals surface area (Å²) in [6, 6.07) is 3.78. The normalized spacial score (nSPS) is 11.9. The van der Waals surface area contributed by atoms with Gasteiger partial charge in [-0.3, -0.25) is 9.59 Å². The molecule has 0 radical (unpaired) electrons. The third kappa shape index (κ3) is 4.69. The topological polar surface area (TPSA) is 132 Å². The van der Waals surface area contributed by atoms with Crippen LogP contribution in [0.3, 0.4) is 0 Å². The van der Waals surface area contributed by atoms with E-state index >= 15 is 0 Å². The number of carbonyl (C=O) groups is 1. The molecule has 0 saturated heterocycles. The fourth-order valence-corrected chi connectivity index (χ4v) is 5.88. The molecule has 3 N–H and O–H groups in total. The smallest absolute Gasteiger partial charge is 0.259 e. The summed E-state index contributed by atoms with van der Waals surface area (Å²) in [4.78, 5) is 33.6. The second-order valence-electron chi connectivity index (χ2n) is 7.29. The maximum absolute atomic E-state index is 12.7. The molecule has 9 nitrogen and oxygen atoms in total. The first-order valence-corrected chi connectivity index (χ1v) is 12.5. The summed E-state index contributed by atoms with van der Waals surface area (Å²) in [5, 5.41) is 13.2. The second-order valence-corrected chi connectivity index (χ2v) is 10.4. The first-order valence-electron chi connectivity index (χ1n) is 10.2. The van der Waals surface area contributed by atoms with Gasteiger partial charge in [-0.2, -0.15) is 4.31 Å². The van der Waals surface area contributed by atoms with Crippen molar-refractivity contribution in [1.82, 2.24) is 14.3 Å². The van der Waals surface area contributed by atoms with Crippen LogP contribution in [0.1, 0.15) is 36.5 Å². The number of aromatic hydroxyl groups is 1. The van der Waals surface area contributed by atoms with Gasteiger partial charge >= 0.3 is 0 Å². The first-order chi connectivity index (χ1) is 15.1. The summed E-state index contributed by atoms with van der Waals surface area (Å²) in [6.07, 6.45) is 0.176. The Balaban J connectivity index is 1.75. The van der Waals surface area contributed by atoms with Crippen LogP contribution in [0, 0.1) is 13.8 Å². The van der Waals surface area contributed by atoms with Gasteiger partial charge in [0.2, 0.25) is 15.9 Å². The van der Waals surface area contributed by atoms with Gasteiger partial charge in [0.25, 0.3) is 5.56 Å². The molecule has 1 aromatic carbocycles. The van der Waals surface area contributed by atoms with Gasteiger partial charge in [-0.15, -0.1) is 11.3 Å². The zero-order chi connectivity index (χ0) is 23.6. The lowest BCUT2D eigenvalue weighted by atomic mass is 10.2. The number of aryl methyl sites for hydroxylation is 3. The molecule has 11 heteroatoms. The molecule has 32 heavy (non-hydrogen) atoms. The molecule has 0 aliphatic carbocycles. The molecule has 0 fully saturated rings. The van der Waals surface area contributed by atoms with E-state index in [1.165, 1.54) is 33.8 Å². The summed E-state index contributed by atoms with van der Waals surface area (Å²) in [6.45, 7) is 7.88. The van der Waals surface area contributed by atoms with Gasteiger partial charge in [-0.05, 0) is 37.6 Å². The number of aromatic amines is 1. The molecule has 0 aliphatic heterocycles. The standard InChI is InChI=1S/C21H26N4O5S2/c1-5-25(6-2)32(29,30)14-7-8-16(26)15(11-14)22-18(27)10-9-17-23-20(28)19-12(3)13(4)31-21(19)24-17/h7-8,11,26H,5-6,9-10H2,1-4H3,(H,22,27)(H,23,24,28). The highest BCUT2D eigenvalue weighted by Crippen LogP contribution is 2.28. The number of amides is 1. The van der Waals surface area contributed by atoms with Gasteiger partial charge in [0, 0.05) is 30.8 Å². The second kappa shape index (κ2) is 9.39. The van der Waals surface area contributed by atoms with Gasteiger partial charge in [0.15, 0.2) is 0 Å². The van der Waals surface area contributed by atoms with Crippen molar-refractivity contribution in [2.24, 2.45) is 0 Å². The zero-order valence-corrected chi connectivity index (χ0v) is 20.0. The number of benzene rings is 1. The Morgan fingerprint density at radius 2 is 1.94 bits per heavy atom. The Kier molecular flexibility index (Phi) is 7.01. The molecule has 3 rings (SSSR count). The summed E-state index contributed by atoms with van der Waals surface area (Å²) >= 11 is 1.43. The largest absolute Gasteiger partial charge is 0.506 e. The molecule has 0 bridgehead atoms. The van der Waals surface area contributed by atoms with Crippen LogP contribution in [-0.2, 0) is 21.2 Å². The minimum absolute atomic E-state index is 0.00430. The fraction of sp³-hybridized carbons (Fsp3) is 0.381. The average Bonchev–Trinajstić information content (AvgIpc) is 3.02. The van der Waals surface area contributed by atoms with Crippen LogP contribution in [0.15, 0.2) is 27.9 Å².